The lowest BCUT2D eigenvalue weighted by Crippen LogP contribution is -2.45. The van der Waals surface area contributed by atoms with E-state index in [4.69, 9.17) is 5.73 Å². The summed E-state index contributed by atoms with van der Waals surface area (Å²) in [5.41, 5.74) is 8.04. The maximum Gasteiger partial charge on any atom is 0.251 e. The van der Waals surface area contributed by atoms with Crippen LogP contribution in [-0.2, 0) is 0 Å². The van der Waals surface area contributed by atoms with Crippen molar-refractivity contribution in [1.82, 2.24) is 5.32 Å². The molecule has 0 atom stereocenters. The number of thioether (sulfide) groups is 1. The summed E-state index contributed by atoms with van der Waals surface area (Å²) in [7, 11) is 0. The van der Waals surface area contributed by atoms with Crippen molar-refractivity contribution in [3.8, 4) is 0 Å². The predicted octanol–water partition coefficient (Wildman–Crippen LogP) is 2.59. The molecule has 0 unspecified atom stereocenters. The molecule has 3 nitrogen and oxygen atoms in total. The number of nitrogens with one attached hydrogen (secondary N) is 1. The molecule has 1 aliphatic carbocycles. The molecule has 18 heavy (non-hydrogen) atoms. The van der Waals surface area contributed by atoms with Gasteiger partial charge in [0.05, 0.1) is 0 Å². The molecule has 1 aromatic carbocycles. The highest BCUT2D eigenvalue weighted by molar-refractivity contribution is 8.00. The van der Waals surface area contributed by atoms with E-state index in [1.807, 2.05) is 36.9 Å². The SMILES string of the molecule is CSC1(CNC(=O)c2cccc(N)c2C)CCC1. The molecule has 0 aliphatic heterocycles. The molecular weight excluding hydrogens is 244 g/mol. The van der Waals surface area contributed by atoms with Crippen LogP contribution >= 0.6 is 11.8 Å². The third-order valence-electron chi connectivity index (χ3n) is 3.89. The smallest absolute Gasteiger partial charge is 0.251 e. The minimum Gasteiger partial charge on any atom is -0.398 e. The van der Waals surface area contributed by atoms with Crippen LogP contribution in [0.3, 0.4) is 0 Å². The van der Waals surface area contributed by atoms with Gasteiger partial charge in [-0.25, -0.2) is 0 Å². The van der Waals surface area contributed by atoms with E-state index in [0.717, 1.165) is 12.1 Å². The summed E-state index contributed by atoms with van der Waals surface area (Å²) in [5, 5.41) is 3.05. The molecule has 2 rings (SSSR count). The third-order valence-corrected chi connectivity index (χ3v) is 5.31. The van der Waals surface area contributed by atoms with Crippen LogP contribution in [0.15, 0.2) is 18.2 Å². The summed E-state index contributed by atoms with van der Waals surface area (Å²) in [4.78, 5) is 12.1. The molecule has 0 aromatic heterocycles. The van der Waals surface area contributed by atoms with Crippen LogP contribution in [0.4, 0.5) is 5.69 Å². The fourth-order valence-corrected chi connectivity index (χ4v) is 3.17. The van der Waals surface area contributed by atoms with E-state index in [2.05, 4.69) is 11.6 Å². The number of nitrogen functional groups attached to an aromatic ring is 1. The quantitative estimate of drug-likeness (QED) is 0.822. The topological polar surface area (TPSA) is 55.1 Å². The monoisotopic (exact) mass is 264 g/mol. The van der Waals surface area contributed by atoms with E-state index in [1.165, 1.54) is 19.3 Å². The van der Waals surface area contributed by atoms with Crippen molar-refractivity contribution >= 4 is 23.4 Å². The van der Waals surface area contributed by atoms with Gasteiger partial charge in [0.15, 0.2) is 0 Å². The maximum absolute atomic E-state index is 12.1. The van der Waals surface area contributed by atoms with Gasteiger partial charge in [-0.05, 0) is 43.7 Å². The second kappa shape index (κ2) is 5.22. The fraction of sp³-hybridized carbons (Fsp3) is 0.500. The molecule has 1 fully saturated rings. The average molecular weight is 264 g/mol. The molecule has 0 radical (unpaired) electrons. The largest absolute Gasteiger partial charge is 0.398 e. The zero-order chi connectivity index (χ0) is 13.2. The zero-order valence-corrected chi connectivity index (χ0v) is 11.8. The Morgan fingerprint density at radius 3 is 2.78 bits per heavy atom. The number of nitrogens with two attached hydrogens (primary N) is 1. The molecule has 0 bridgehead atoms. The van der Waals surface area contributed by atoms with Crippen molar-refractivity contribution in [2.75, 3.05) is 18.5 Å². The molecular formula is C14H20N2OS. The summed E-state index contributed by atoms with van der Waals surface area (Å²) < 4.78 is 0.268. The van der Waals surface area contributed by atoms with Gasteiger partial charge in [-0.3, -0.25) is 4.79 Å². The van der Waals surface area contributed by atoms with Crippen molar-refractivity contribution in [3.05, 3.63) is 29.3 Å². The van der Waals surface area contributed by atoms with Crippen molar-refractivity contribution in [1.29, 1.82) is 0 Å². The molecule has 1 saturated carbocycles. The minimum atomic E-state index is -0.0138. The summed E-state index contributed by atoms with van der Waals surface area (Å²) in [6.45, 7) is 2.64. The molecule has 4 heteroatoms. The van der Waals surface area contributed by atoms with Crippen LogP contribution in [0.25, 0.3) is 0 Å². The van der Waals surface area contributed by atoms with E-state index in [9.17, 15) is 4.79 Å². The molecule has 0 saturated heterocycles. The van der Waals surface area contributed by atoms with Gasteiger partial charge in [0, 0.05) is 22.5 Å². The summed E-state index contributed by atoms with van der Waals surface area (Å²) in [6, 6.07) is 5.47. The van der Waals surface area contributed by atoms with Gasteiger partial charge in [-0.1, -0.05) is 12.5 Å². The van der Waals surface area contributed by atoms with Gasteiger partial charge in [0.1, 0.15) is 0 Å². The highest BCUT2D eigenvalue weighted by Crippen LogP contribution is 2.42. The Labute approximate surface area is 113 Å². The normalized spacial score (nSPS) is 17.0. The first-order valence-corrected chi connectivity index (χ1v) is 7.49. The molecule has 0 heterocycles. The van der Waals surface area contributed by atoms with Gasteiger partial charge in [-0.15, -0.1) is 0 Å². The molecule has 0 spiro atoms. The molecule has 1 amide bonds. The first-order valence-electron chi connectivity index (χ1n) is 6.26. The van der Waals surface area contributed by atoms with Crippen molar-refractivity contribution in [3.63, 3.8) is 0 Å². The van der Waals surface area contributed by atoms with E-state index in [-0.39, 0.29) is 10.7 Å². The molecule has 1 aromatic rings. The Balaban J connectivity index is 2.02. The van der Waals surface area contributed by atoms with Gasteiger partial charge >= 0.3 is 0 Å². The second-order valence-electron chi connectivity index (χ2n) is 4.94. The van der Waals surface area contributed by atoms with Crippen molar-refractivity contribution < 1.29 is 4.79 Å². The minimum absolute atomic E-state index is 0.0138. The van der Waals surface area contributed by atoms with Crippen LogP contribution in [0.5, 0.6) is 0 Å². The van der Waals surface area contributed by atoms with E-state index < -0.39 is 0 Å². The number of amides is 1. The highest BCUT2D eigenvalue weighted by atomic mass is 32.2. The van der Waals surface area contributed by atoms with Crippen LogP contribution in [-0.4, -0.2) is 23.5 Å². The number of rotatable bonds is 4. The number of hydrogen-bond acceptors (Lipinski definition) is 3. The lowest BCUT2D eigenvalue weighted by molar-refractivity contribution is 0.0943. The van der Waals surface area contributed by atoms with Gasteiger partial charge in [0.25, 0.3) is 5.91 Å². The second-order valence-corrected chi connectivity index (χ2v) is 6.22. The first-order chi connectivity index (χ1) is 8.58. The summed E-state index contributed by atoms with van der Waals surface area (Å²) >= 11 is 1.86. The number of benzene rings is 1. The number of hydrogen-bond donors (Lipinski definition) is 2. The zero-order valence-electron chi connectivity index (χ0n) is 11.0. The Bertz CT molecular complexity index is 450. The van der Waals surface area contributed by atoms with Crippen LogP contribution in [0, 0.1) is 6.92 Å². The maximum atomic E-state index is 12.1. The highest BCUT2D eigenvalue weighted by Gasteiger charge is 2.36. The first kappa shape index (κ1) is 13.3. The van der Waals surface area contributed by atoms with Crippen LogP contribution in [0.2, 0.25) is 0 Å². The number of carbonyl (C=O) groups is 1. The molecule has 3 N–H and O–H groups in total. The molecule has 98 valence electrons. The lowest BCUT2D eigenvalue weighted by atomic mass is 9.84. The Kier molecular flexibility index (Phi) is 3.85. The average Bonchev–Trinajstić information content (AvgIpc) is 2.31. The van der Waals surface area contributed by atoms with Gasteiger partial charge < -0.3 is 11.1 Å². The van der Waals surface area contributed by atoms with E-state index in [0.29, 0.717) is 11.3 Å². The fourth-order valence-electron chi connectivity index (χ4n) is 2.26. The third kappa shape index (κ3) is 2.48. The van der Waals surface area contributed by atoms with Crippen molar-refractivity contribution in [2.24, 2.45) is 0 Å². The Morgan fingerprint density at radius 1 is 1.50 bits per heavy atom. The predicted molar refractivity (Wildman–Crippen MR) is 78.0 cm³/mol. The van der Waals surface area contributed by atoms with Crippen LogP contribution < -0.4 is 11.1 Å². The van der Waals surface area contributed by atoms with Crippen LogP contribution in [0.1, 0.15) is 35.2 Å². The number of anilines is 1. The van der Waals surface area contributed by atoms with E-state index >= 15 is 0 Å². The molecule has 1 aliphatic rings. The van der Waals surface area contributed by atoms with E-state index in [1.54, 1.807) is 0 Å². The number of carbonyl (C=O) groups excluding carboxylic acids is 1. The summed E-state index contributed by atoms with van der Waals surface area (Å²) in [6.07, 6.45) is 5.79. The Hall–Kier alpha value is -1.16. The Morgan fingerprint density at radius 2 is 2.22 bits per heavy atom. The van der Waals surface area contributed by atoms with Gasteiger partial charge in [0.2, 0.25) is 0 Å². The van der Waals surface area contributed by atoms with Gasteiger partial charge in [-0.2, -0.15) is 11.8 Å². The van der Waals surface area contributed by atoms with Crippen molar-refractivity contribution in [2.45, 2.75) is 30.9 Å². The lowest BCUT2D eigenvalue weighted by Gasteiger charge is -2.40. The standard InChI is InChI=1S/C14H20N2OS/c1-10-11(5-3-6-12(10)15)13(17)16-9-14(18-2)7-4-8-14/h3,5-6H,4,7-9,15H2,1-2H3,(H,16,17). The summed E-state index contributed by atoms with van der Waals surface area (Å²) in [5.74, 6) is -0.0138.